The number of likely N-dealkylation sites (tertiary alicyclic amines) is 1. The minimum absolute atomic E-state index is 0.0108. The highest BCUT2D eigenvalue weighted by molar-refractivity contribution is 6.30. The molecule has 2 aromatic carbocycles. The molecule has 1 amide bonds. The van der Waals surface area contributed by atoms with Crippen molar-refractivity contribution in [3.05, 3.63) is 64.5 Å². The minimum atomic E-state index is -4.73. The van der Waals surface area contributed by atoms with Gasteiger partial charge in [-0.1, -0.05) is 31.5 Å². The zero-order chi connectivity index (χ0) is 24.7. The van der Waals surface area contributed by atoms with Crippen molar-refractivity contribution < 1.29 is 27.1 Å². The van der Waals surface area contributed by atoms with Gasteiger partial charge in [0.15, 0.2) is 6.10 Å². The lowest BCUT2D eigenvalue weighted by molar-refractivity contribution is -0.138. The first kappa shape index (κ1) is 23.6. The number of rotatable bonds is 5. The molecule has 7 nitrogen and oxygen atoms in total. The SMILES string of the molecule is CC1(C)CN(Cc2nnc(-c3cccc(Cl)c3)o2)C(=O)C1Oc1ccc(C#N)c(C(F)(F)F)c1. The molecule has 0 aliphatic carbocycles. The molecule has 1 saturated heterocycles. The molecule has 0 saturated carbocycles. The first-order valence-electron chi connectivity index (χ1n) is 10.1. The maximum atomic E-state index is 13.3. The van der Waals surface area contributed by atoms with E-state index in [1.165, 1.54) is 17.0 Å². The second-order valence-electron chi connectivity index (χ2n) is 8.51. The van der Waals surface area contributed by atoms with E-state index in [2.05, 4.69) is 10.2 Å². The van der Waals surface area contributed by atoms with Crippen molar-refractivity contribution in [1.29, 1.82) is 5.26 Å². The summed E-state index contributed by atoms with van der Waals surface area (Å²) < 4.78 is 51.3. The van der Waals surface area contributed by atoms with Crippen LogP contribution in [0.1, 0.15) is 30.9 Å². The van der Waals surface area contributed by atoms with Crippen LogP contribution in [-0.2, 0) is 17.5 Å². The Kier molecular flexibility index (Phi) is 6.00. The Labute approximate surface area is 197 Å². The highest BCUT2D eigenvalue weighted by Crippen LogP contribution is 2.38. The quantitative estimate of drug-likeness (QED) is 0.494. The van der Waals surface area contributed by atoms with Gasteiger partial charge in [-0.3, -0.25) is 4.79 Å². The van der Waals surface area contributed by atoms with Crippen LogP contribution in [0.2, 0.25) is 5.02 Å². The van der Waals surface area contributed by atoms with Crippen LogP contribution in [0.25, 0.3) is 11.5 Å². The van der Waals surface area contributed by atoms with Crippen molar-refractivity contribution in [2.75, 3.05) is 6.54 Å². The predicted octanol–water partition coefficient (Wildman–Crippen LogP) is 5.10. The van der Waals surface area contributed by atoms with Gasteiger partial charge in [-0.15, -0.1) is 10.2 Å². The van der Waals surface area contributed by atoms with Gasteiger partial charge in [0.25, 0.3) is 5.91 Å². The van der Waals surface area contributed by atoms with Crippen molar-refractivity contribution in [2.24, 2.45) is 5.41 Å². The Hall–Kier alpha value is -3.58. The van der Waals surface area contributed by atoms with Crippen LogP contribution in [0.4, 0.5) is 13.2 Å². The summed E-state index contributed by atoms with van der Waals surface area (Å²) in [6.07, 6.45) is -5.78. The number of hydrogen-bond donors (Lipinski definition) is 0. The van der Waals surface area contributed by atoms with Gasteiger partial charge in [0, 0.05) is 22.5 Å². The molecule has 4 rings (SSSR count). The third-order valence-corrected chi connectivity index (χ3v) is 5.61. The Bertz CT molecular complexity index is 1280. The first-order chi connectivity index (χ1) is 16.0. The third-order valence-electron chi connectivity index (χ3n) is 5.38. The van der Waals surface area contributed by atoms with Crippen LogP contribution in [0.15, 0.2) is 46.9 Å². The fourth-order valence-corrected chi connectivity index (χ4v) is 3.97. The van der Waals surface area contributed by atoms with Gasteiger partial charge in [-0.2, -0.15) is 18.4 Å². The molecule has 1 aliphatic heterocycles. The molecule has 0 bridgehead atoms. The lowest BCUT2D eigenvalue weighted by Gasteiger charge is -2.24. The zero-order valence-electron chi connectivity index (χ0n) is 18.1. The monoisotopic (exact) mass is 490 g/mol. The molecule has 2 heterocycles. The van der Waals surface area contributed by atoms with Crippen molar-refractivity contribution in [1.82, 2.24) is 15.1 Å². The number of benzene rings is 2. The smallest absolute Gasteiger partial charge is 0.417 e. The fourth-order valence-electron chi connectivity index (χ4n) is 3.78. The van der Waals surface area contributed by atoms with Crippen LogP contribution < -0.4 is 4.74 Å². The Morgan fingerprint density at radius 3 is 2.71 bits per heavy atom. The fraction of sp³-hybridized carbons (Fsp3) is 0.304. The number of hydrogen-bond acceptors (Lipinski definition) is 6. The Balaban J connectivity index is 1.52. The third kappa shape index (κ3) is 4.70. The summed E-state index contributed by atoms with van der Waals surface area (Å²) in [7, 11) is 0. The van der Waals surface area contributed by atoms with Gasteiger partial charge >= 0.3 is 6.18 Å². The van der Waals surface area contributed by atoms with Gasteiger partial charge in [0.2, 0.25) is 11.8 Å². The second kappa shape index (κ2) is 8.65. The van der Waals surface area contributed by atoms with E-state index in [-0.39, 0.29) is 30.6 Å². The van der Waals surface area contributed by atoms with E-state index in [9.17, 15) is 18.0 Å². The van der Waals surface area contributed by atoms with Gasteiger partial charge in [0.1, 0.15) is 5.75 Å². The highest BCUT2D eigenvalue weighted by atomic mass is 35.5. The standard InChI is InChI=1S/C23H18ClF3N4O3/c1-22(2)12-31(11-18-29-30-20(34-18)13-4-3-5-15(24)8-13)21(32)19(22)33-16-7-6-14(10-28)17(9-16)23(25,26)27/h3-9,19H,11-12H2,1-2H3. The maximum absolute atomic E-state index is 13.3. The molecular formula is C23H18ClF3N4O3. The molecule has 1 aliphatic rings. The molecule has 3 aromatic rings. The number of ether oxygens (including phenoxy) is 1. The number of aromatic nitrogens is 2. The van der Waals surface area contributed by atoms with Crippen LogP contribution >= 0.6 is 11.6 Å². The molecular weight excluding hydrogens is 473 g/mol. The van der Waals surface area contributed by atoms with Crippen LogP contribution in [0.5, 0.6) is 5.75 Å². The van der Waals surface area contributed by atoms with Crippen molar-refractivity contribution in [2.45, 2.75) is 32.7 Å². The average Bonchev–Trinajstić information content (AvgIpc) is 3.31. The Morgan fingerprint density at radius 1 is 1.26 bits per heavy atom. The van der Waals surface area contributed by atoms with E-state index >= 15 is 0 Å². The zero-order valence-corrected chi connectivity index (χ0v) is 18.8. The molecule has 11 heteroatoms. The summed E-state index contributed by atoms with van der Waals surface area (Å²) in [6, 6.07) is 11.4. The largest absolute Gasteiger partial charge is 0.480 e. The number of amides is 1. The summed E-state index contributed by atoms with van der Waals surface area (Å²) in [6.45, 7) is 3.81. The van der Waals surface area contributed by atoms with E-state index in [4.69, 9.17) is 26.0 Å². The molecule has 0 N–H and O–H groups in total. The van der Waals surface area contributed by atoms with Crippen molar-refractivity contribution in [3.63, 3.8) is 0 Å². The molecule has 1 atom stereocenters. The summed E-state index contributed by atoms with van der Waals surface area (Å²) >= 11 is 5.99. The summed E-state index contributed by atoms with van der Waals surface area (Å²) in [5.41, 5.74) is -1.74. The van der Waals surface area contributed by atoms with Crippen molar-refractivity contribution in [3.8, 4) is 23.3 Å². The summed E-state index contributed by atoms with van der Waals surface area (Å²) in [4.78, 5) is 14.5. The molecule has 1 aromatic heterocycles. The van der Waals surface area contributed by atoms with Crippen LogP contribution in [-0.4, -0.2) is 33.7 Å². The minimum Gasteiger partial charge on any atom is -0.480 e. The average molecular weight is 491 g/mol. The van der Waals surface area contributed by atoms with E-state index in [1.807, 2.05) is 0 Å². The van der Waals surface area contributed by atoms with Crippen LogP contribution in [0.3, 0.4) is 0 Å². The first-order valence-corrected chi connectivity index (χ1v) is 10.5. The summed E-state index contributed by atoms with van der Waals surface area (Å²) in [5, 5.41) is 17.4. The topological polar surface area (TPSA) is 92.2 Å². The second-order valence-corrected chi connectivity index (χ2v) is 8.95. The number of halogens is 4. The lowest BCUT2D eigenvalue weighted by atomic mass is 9.89. The highest BCUT2D eigenvalue weighted by Gasteiger charge is 2.48. The predicted molar refractivity (Wildman–Crippen MR) is 115 cm³/mol. The van der Waals surface area contributed by atoms with Gasteiger partial charge in [0.05, 0.1) is 23.7 Å². The molecule has 1 unspecified atom stereocenters. The van der Waals surface area contributed by atoms with E-state index < -0.39 is 34.7 Å². The number of carbonyl (C=O) groups is 1. The van der Waals surface area contributed by atoms with E-state index in [0.29, 0.717) is 10.6 Å². The molecule has 176 valence electrons. The normalized spacial score (nSPS) is 17.6. The van der Waals surface area contributed by atoms with Gasteiger partial charge in [-0.05, 0) is 36.4 Å². The number of nitriles is 1. The molecule has 34 heavy (non-hydrogen) atoms. The number of nitrogens with zero attached hydrogens (tertiary/aromatic N) is 4. The number of carbonyl (C=O) groups excluding carboxylic acids is 1. The van der Waals surface area contributed by atoms with Gasteiger partial charge < -0.3 is 14.1 Å². The lowest BCUT2D eigenvalue weighted by Crippen LogP contribution is -2.36. The van der Waals surface area contributed by atoms with Crippen LogP contribution in [0, 0.1) is 16.7 Å². The molecule has 0 radical (unpaired) electrons. The molecule has 0 spiro atoms. The maximum Gasteiger partial charge on any atom is 0.417 e. The van der Waals surface area contributed by atoms with Gasteiger partial charge in [-0.25, -0.2) is 0 Å². The Morgan fingerprint density at radius 2 is 2.03 bits per heavy atom. The number of alkyl halides is 3. The van der Waals surface area contributed by atoms with E-state index in [1.54, 1.807) is 38.1 Å². The van der Waals surface area contributed by atoms with E-state index in [0.717, 1.165) is 12.1 Å². The van der Waals surface area contributed by atoms with Crippen molar-refractivity contribution >= 4 is 17.5 Å². The molecule has 1 fully saturated rings. The summed E-state index contributed by atoms with van der Waals surface area (Å²) in [5.74, 6) is -0.142.